The van der Waals surface area contributed by atoms with Crippen molar-refractivity contribution in [1.29, 1.82) is 0 Å². The highest BCUT2D eigenvalue weighted by Crippen LogP contribution is 2.27. The standard InChI is InChI=1S/C14H16BrFN4O/c1-9(20-6-4-17-5-7-20)13-18-14(21-19-13)11-8-10(15)2-3-12(11)16/h2-3,8-9,17H,4-7H2,1H3. The molecule has 3 rings (SSSR count). The van der Waals surface area contributed by atoms with E-state index in [1.54, 1.807) is 12.1 Å². The van der Waals surface area contributed by atoms with E-state index in [4.69, 9.17) is 4.52 Å². The average Bonchev–Trinajstić information content (AvgIpc) is 2.99. The van der Waals surface area contributed by atoms with Crippen LogP contribution in [0.4, 0.5) is 4.39 Å². The highest BCUT2D eigenvalue weighted by molar-refractivity contribution is 9.10. The molecule has 2 heterocycles. The van der Waals surface area contributed by atoms with E-state index in [9.17, 15) is 4.39 Å². The third-order valence-electron chi connectivity index (χ3n) is 3.67. The summed E-state index contributed by atoms with van der Waals surface area (Å²) in [6, 6.07) is 4.71. The van der Waals surface area contributed by atoms with Gasteiger partial charge in [0.1, 0.15) is 5.82 Å². The molecule has 21 heavy (non-hydrogen) atoms. The number of hydrogen-bond donors (Lipinski definition) is 1. The summed E-state index contributed by atoms with van der Waals surface area (Å²) in [5.74, 6) is 0.431. The lowest BCUT2D eigenvalue weighted by atomic mass is 10.2. The summed E-state index contributed by atoms with van der Waals surface area (Å²) in [6.45, 7) is 5.83. The quantitative estimate of drug-likeness (QED) is 0.917. The van der Waals surface area contributed by atoms with Gasteiger partial charge in [0, 0.05) is 30.7 Å². The molecule has 1 aliphatic heterocycles. The molecule has 5 nitrogen and oxygen atoms in total. The second-order valence-electron chi connectivity index (χ2n) is 5.04. The Morgan fingerprint density at radius 3 is 2.90 bits per heavy atom. The molecule has 0 bridgehead atoms. The molecule has 1 fully saturated rings. The normalized spacial score (nSPS) is 17.9. The van der Waals surface area contributed by atoms with Crippen LogP contribution in [0.15, 0.2) is 27.2 Å². The van der Waals surface area contributed by atoms with Crippen molar-refractivity contribution in [2.24, 2.45) is 0 Å². The van der Waals surface area contributed by atoms with Crippen molar-refractivity contribution in [3.63, 3.8) is 0 Å². The molecule has 0 spiro atoms. The third kappa shape index (κ3) is 3.14. The van der Waals surface area contributed by atoms with Gasteiger partial charge in [0.15, 0.2) is 5.82 Å². The Bertz CT molecular complexity index is 627. The van der Waals surface area contributed by atoms with Crippen LogP contribution in [0.3, 0.4) is 0 Å². The topological polar surface area (TPSA) is 54.2 Å². The lowest BCUT2D eigenvalue weighted by Crippen LogP contribution is -2.44. The molecular formula is C14H16BrFN4O. The molecule has 1 saturated heterocycles. The first-order valence-corrected chi connectivity index (χ1v) is 7.68. The van der Waals surface area contributed by atoms with E-state index in [0.717, 1.165) is 30.7 Å². The van der Waals surface area contributed by atoms with Crippen molar-refractivity contribution in [3.8, 4) is 11.5 Å². The highest BCUT2D eigenvalue weighted by atomic mass is 79.9. The summed E-state index contributed by atoms with van der Waals surface area (Å²) < 4.78 is 19.9. The van der Waals surface area contributed by atoms with Gasteiger partial charge in [-0.2, -0.15) is 4.98 Å². The number of halogens is 2. The first-order valence-electron chi connectivity index (χ1n) is 6.89. The Morgan fingerprint density at radius 2 is 2.14 bits per heavy atom. The number of nitrogens with one attached hydrogen (secondary N) is 1. The summed E-state index contributed by atoms with van der Waals surface area (Å²) in [6.07, 6.45) is 0. The Balaban J connectivity index is 1.84. The Kier molecular flexibility index (Phi) is 4.32. The molecular weight excluding hydrogens is 339 g/mol. The molecule has 0 amide bonds. The van der Waals surface area contributed by atoms with Crippen LogP contribution in [0.25, 0.3) is 11.5 Å². The van der Waals surface area contributed by atoms with Crippen molar-refractivity contribution < 1.29 is 8.91 Å². The maximum Gasteiger partial charge on any atom is 0.260 e. The van der Waals surface area contributed by atoms with E-state index in [0.29, 0.717) is 11.4 Å². The zero-order valence-corrected chi connectivity index (χ0v) is 13.2. The molecule has 7 heteroatoms. The lowest BCUT2D eigenvalue weighted by Gasteiger charge is -2.30. The van der Waals surface area contributed by atoms with Gasteiger partial charge < -0.3 is 9.84 Å². The summed E-state index contributed by atoms with van der Waals surface area (Å²) in [5.41, 5.74) is 0.315. The Labute approximate surface area is 130 Å². The molecule has 1 atom stereocenters. The van der Waals surface area contributed by atoms with Crippen LogP contribution in [0.1, 0.15) is 18.8 Å². The molecule has 0 radical (unpaired) electrons. The van der Waals surface area contributed by atoms with Crippen molar-refractivity contribution in [3.05, 3.63) is 34.3 Å². The molecule has 0 aliphatic carbocycles. The number of benzene rings is 1. The van der Waals surface area contributed by atoms with Crippen LogP contribution >= 0.6 is 15.9 Å². The molecule has 2 aromatic rings. The Morgan fingerprint density at radius 1 is 1.38 bits per heavy atom. The van der Waals surface area contributed by atoms with Gasteiger partial charge >= 0.3 is 0 Å². The number of aromatic nitrogens is 2. The number of hydrogen-bond acceptors (Lipinski definition) is 5. The smallest absolute Gasteiger partial charge is 0.260 e. The Hall–Kier alpha value is -1.31. The van der Waals surface area contributed by atoms with Crippen LogP contribution in [-0.2, 0) is 0 Å². The fourth-order valence-electron chi connectivity index (χ4n) is 2.41. The summed E-state index contributed by atoms with van der Waals surface area (Å²) >= 11 is 3.32. The van der Waals surface area contributed by atoms with Crippen molar-refractivity contribution in [2.75, 3.05) is 26.2 Å². The van der Waals surface area contributed by atoms with Gasteiger partial charge in [0.2, 0.25) is 0 Å². The molecule has 112 valence electrons. The van der Waals surface area contributed by atoms with Crippen molar-refractivity contribution in [2.45, 2.75) is 13.0 Å². The first kappa shape index (κ1) is 14.6. The van der Waals surface area contributed by atoms with Crippen molar-refractivity contribution in [1.82, 2.24) is 20.4 Å². The molecule has 1 aromatic heterocycles. The molecule has 1 aliphatic rings. The van der Waals surface area contributed by atoms with Gasteiger partial charge in [-0.15, -0.1) is 0 Å². The van der Waals surface area contributed by atoms with Crippen LogP contribution < -0.4 is 5.32 Å². The van der Waals surface area contributed by atoms with Gasteiger partial charge in [-0.05, 0) is 25.1 Å². The minimum absolute atomic E-state index is 0.0554. The van der Waals surface area contributed by atoms with Gasteiger partial charge in [0.05, 0.1) is 11.6 Å². The zero-order chi connectivity index (χ0) is 14.8. The molecule has 1 unspecified atom stereocenters. The van der Waals surface area contributed by atoms with E-state index in [1.165, 1.54) is 6.07 Å². The van der Waals surface area contributed by atoms with Crippen LogP contribution in [0.2, 0.25) is 0 Å². The number of nitrogens with zero attached hydrogens (tertiary/aromatic N) is 3. The minimum Gasteiger partial charge on any atom is -0.334 e. The third-order valence-corrected chi connectivity index (χ3v) is 4.17. The van der Waals surface area contributed by atoms with Gasteiger partial charge in [-0.1, -0.05) is 21.1 Å². The fourth-order valence-corrected chi connectivity index (χ4v) is 2.77. The number of rotatable bonds is 3. The second-order valence-corrected chi connectivity index (χ2v) is 5.96. The fraction of sp³-hybridized carbons (Fsp3) is 0.429. The minimum atomic E-state index is -0.372. The zero-order valence-electron chi connectivity index (χ0n) is 11.6. The van der Waals surface area contributed by atoms with Crippen LogP contribution in [-0.4, -0.2) is 41.2 Å². The lowest BCUT2D eigenvalue weighted by molar-refractivity contribution is 0.176. The van der Waals surface area contributed by atoms with Gasteiger partial charge in [-0.25, -0.2) is 4.39 Å². The average molecular weight is 355 g/mol. The maximum absolute atomic E-state index is 13.9. The van der Waals surface area contributed by atoms with Gasteiger partial charge in [-0.3, -0.25) is 4.90 Å². The molecule has 1 aromatic carbocycles. The first-order chi connectivity index (χ1) is 10.1. The van der Waals surface area contributed by atoms with E-state index < -0.39 is 0 Å². The summed E-state index contributed by atoms with van der Waals surface area (Å²) in [5, 5.41) is 7.31. The summed E-state index contributed by atoms with van der Waals surface area (Å²) in [4.78, 5) is 6.64. The predicted octanol–water partition coefficient (Wildman–Crippen LogP) is 2.60. The summed E-state index contributed by atoms with van der Waals surface area (Å²) in [7, 11) is 0. The van der Waals surface area contributed by atoms with Crippen LogP contribution in [0.5, 0.6) is 0 Å². The maximum atomic E-state index is 13.9. The number of piperazine rings is 1. The van der Waals surface area contributed by atoms with Crippen LogP contribution in [0, 0.1) is 5.82 Å². The highest BCUT2D eigenvalue weighted by Gasteiger charge is 2.23. The molecule has 1 N–H and O–H groups in total. The SMILES string of the molecule is CC(c1noc(-c2cc(Br)ccc2F)n1)N1CCNCC1. The molecule has 0 saturated carbocycles. The predicted molar refractivity (Wildman–Crippen MR) is 80.2 cm³/mol. The monoisotopic (exact) mass is 354 g/mol. The van der Waals surface area contributed by atoms with Gasteiger partial charge in [0.25, 0.3) is 5.89 Å². The second kappa shape index (κ2) is 6.21. The van der Waals surface area contributed by atoms with E-state index in [-0.39, 0.29) is 17.7 Å². The largest absolute Gasteiger partial charge is 0.334 e. The van der Waals surface area contributed by atoms with E-state index in [1.807, 2.05) is 6.92 Å². The van der Waals surface area contributed by atoms with Crippen molar-refractivity contribution >= 4 is 15.9 Å². The van der Waals surface area contributed by atoms with E-state index in [2.05, 4.69) is 36.3 Å². The van der Waals surface area contributed by atoms with E-state index >= 15 is 0 Å².